The van der Waals surface area contributed by atoms with Crippen molar-refractivity contribution in [3.8, 4) is 0 Å². The zero-order valence-corrected chi connectivity index (χ0v) is 42.8. The normalized spacial score (nSPS) is 41.1. The number of aliphatic hydroxyl groups is 10. The lowest BCUT2D eigenvalue weighted by molar-refractivity contribution is -0.309. The second-order valence-corrected chi connectivity index (χ2v) is 19.1. The Labute approximate surface area is 434 Å². The van der Waals surface area contributed by atoms with Crippen LogP contribution in [0.3, 0.4) is 0 Å². The number of esters is 2. The van der Waals surface area contributed by atoms with Gasteiger partial charge in [-0.1, -0.05) is 124 Å². The second-order valence-electron chi connectivity index (χ2n) is 19.1. The number of allylic oxidation sites excluding steroid dienone is 12. The predicted octanol–water partition coefficient (Wildman–Crippen LogP) is 2.31. The van der Waals surface area contributed by atoms with Crippen molar-refractivity contribution >= 4 is 18.0 Å². The van der Waals surface area contributed by atoms with Crippen molar-refractivity contribution in [1.29, 1.82) is 0 Å². The van der Waals surface area contributed by atoms with Crippen molar-refractivity contribution in [1.82, 2.24) is 5.32 Å². The summed E-state index contributed by atoms with van der Waals surface area (Å²) >= 11 is 0. The van der Waals surface area contributed by atoms with E-state index in [1.54, 1.807) is 86.8 Å². The number of rotatable bonds is 8. The summed E-state index contributed by atoms with van der Waals surface area (Å²) in [5.74, 6) is -6.23. The molecule has 416 valence electrons. The fraction of sp³-hybridized carbons (Fsp3) is 0.611. The third-order valence-electron chi connectivity index (χ3n) is 12.9. The van der Waals surface area contributed by atoms with Crippen molar-refractivity contribution in [3.63, 3.8) is 0 Å². The van der Waals surface area contributed by atoms with Crippen molar-refractivity contribution in [2.75, 3.05) is 13.2 Å². The molecule has 0 aliphatic carbocycles. The van der Waals surface area contributed by atoms with Crippen LogP contribution in [0.4, 0.5) is 4.79 Å². The van der Waals surface area contributed by atoms with Gasteiger partial charge in [-0.05, 0) is 33.1 Å². The quantitative estimate of drug-likeness (QED) is 0.0944. The van der Waals surface area contributed by atoms with Crippen molar-refractivity contribution in [3.05, 3.63) is 110 Å². The highest BCUT2D eigenvalue weighted by Crippen LogP contribution is 2.39. The molecule has 2 fully saturated rings. The van der Waals surface area contributed by atoms with E-state index in [1.165, 1.54) is 25.2 Å². The lowest BCUT2D eigenvalue weighted by atomic mass is 9.82. The number of nitrogens with one attached hydrogen (secondary N) is 1. The van der Waals surface area contributed by atoms with Crippen LogP contribution in [0.15, 0.2) is 110 Å². The summed E-state index contributed by atoms with van der Waals surface area (Å²) in [5.41, 5.74) is 0. The molecule has 20 heteroatoms. The molecule has 11 N–H and O–H groups in total. The molecule has 0 unspecified atom stereocenters. The number of carbonyl (C=O) groups is 3. The molecule has 3 aliphatic heterocycles. The van der Waals surface area contributed by atoms with Gasteiger partial charge in [-0.3, -0.25) is 9.59 Å². The second kappa shape index (κ2) is 32.7. The molecule has 0 aromatic carbocycles. The third-order valence-corrected chi connectivity index (χ3v) is 12.9. The Morgan fingerprint density at radius 1 is 0.676 bits per heavy atom. The molecule has 2 saturated heterocycles. The maximum Gasteiger partial charge on any atom is 0.407 e. The van der Waals surface area contributed by atoms with E-state index in [0.717, 1.165) is 0 Å². The number of hydrogen-bond acceptors (Lipinski definition) is 19. The number of amides is 1. The summed E-state index contributed by atoms with van der Waals surface area (Å²) in [6.07, 6.45) is 4.15. The van der Waals surface area contributed by atoms with E-state index < -0.39 is 153 Å². The van der Waals surface area contributed by atoms with Gasteiger partial charge < -0.3 is 84.8 Å². The van der Waals surface area contributed by atoms with Crippen LogP contribution in [-0.2, 0) is 38.0 Å². The fourth-order valence-corrected chi connectivity index (χ4v) is 8.64. The lowest BCUT2D eigenvalue weighted by Gasteiger charge is -2.45. The van der Waals surface area contributed by atoms with Crippen LogP contribution in [-0.4, -0.2) is 180 Å². The third kappa shape index (κ3) is 21.9. The van der Waals surface area contributed by atoms with Crippen molar-refractivity contribution in [2.24, 2.45) is 17.8 Å². The van der Waals surface area contributed by atoms with E-state index in [-0.39, 0.29) is 44.8 Å². The van der Waals surface area contributed by atoms with Crippen LogP contribution in [0.1, 0.15) is 79.1 Å². The highest BCUT2D eigenvalue weighted by Gasteiger charge is 2.52. The van der Waals surface area contributed by atoms with E-state index in [2.05, 4.69) is 18.5 Å². The number of fused-ring (bicyclic) bond motifs is 2. The van der Waals surface area contributed by atoms with Gasteiger partial charge in [0.1, 0.15) is 37.4 Å². The molecule has 2 bridgehead atoms. The predicted molar refractivity (Wildman–Crippen MR) is 271 cm³/mol. The Kier molecular flexibility index (Phi) is 28.1. The summed E-state index contributed by atoms with van der Waals surface area (Å²) in [7, 11) is 0. The molecule has 0 aromatic heterocycles. The van der Waals surface area contributed by atoms with Crippen LogP contribution < -0.4 is 5.32 Å². The standard InChI is InChI=1S/C54H81NO19/c1-7-25-69-51(66)46-43(61)32-54(68)31-39(58)28-42(60)41(59)24-23-37(56)27-38(57)29-45(62)71-35(5)34(4)48(63)33(3)21-19-17-15-13-11-9-10-12-14-16-18-20-22-40(30-44(46)74-54)73-52-50(65)47(49(64)36(6)72-52)55-53(67)70-26-8-2/h7-22,33-44,46-50,52,56-61,63-65,68H,1-2,23-32H2,3-6H3,(H,55,67)/b10-9+,13-11+,14-12+,17-15+,18-16+,21-19+,22-20+/t33-,34-,35-,36+,37+,38+,39-,40-,41+,42+,43-,44-,46+,47-,48+,49+,50-,52-,54+/m0/s1. The summed E-state index contributed by atoms with van der Waals surface area (Å²) in [4.78, 5) is 38.7. The van der Waals surface area contributed by atoms with Gasteiger partial charge in [-0.25, -0.2) is 4.79 Å². The molecule has 3 heterocycles. The summed E-state index contributed by atoms with van der Waals surface area (Å²) in [5, 5.41) is 113. The Morgan fingerprint density at radius 2 is 1.26 bits per heavy atom. The maximum absolute atomic E-state index is 13.5. The smallest absolute Gasteiger partial charge is 0.407 e. The Balaban J connectivity index is 1.97. The summed E-state index contributed by atoms with van der Waals surface area (Å²) in [6, 6.07) is -1.35. The van der Waals surface area contributed by atoms with E-state index in [1.807, 2.05) is 13.0 Å². The Bertz CT molecular complexity index is 1950. The minimum absolute atomic E-state index is 0.121. The number of alkyl carbamates (subject to hydrolysis) is 1. The van der Waals surface area contributed by atoms with Crippen LogP contribution in [0.2, 0.25) is 0 Å². The van der Waals surface area contributed by atoms with Crippen LogP contribution in [0, 0.1) is 17.8 Å². The number of cyclic esters (lactones) is 1. The van der Waals surface area contributed by atoms with Gasteiger partial charge in [-0.15, -0.1) is 0 Å². The fourth-order valence-electron chi connectivity index (χ4n) is 8.64. The van der Waals surface area contributed by atoms with Gasteiger partial charge in [0.05, 0.1) is 73.5 Å². The van der Waals surface area contributed by atoms with Crippen LogP contribution in [0.5, 0.6) is 0 Å². The monoisotopic (exact) mass is 1050 g/mol. The average Bonchev–Trinajstić information content (AvgIpc) is 3.33. The van der Waals surface area contributed by atoms with Crippen molar-refractivity contribution in [2.45, 2.75) is 177 Å². The molecule has 0 aromatic rings. The van der Waals surface area contributed by atoms with E-state index in [0.29, 0.717) is 0 Å². The molecule has 74 heavy (non-hydrogen) atoms. The first-order valence-corrected chi connectivity index (χ1v) is 25.1. The van der Waals surface area contributed by atoms with Gasteiger partial charge in [0, 0.05) is 37.5 Å². The lowest BCUT2D eigenvalue weighted by Crippen LogP contribution is -2.64. The summed E-state index contributed by atoms with van der Waals surface area (Å²) in [6.45, 7) is 13.3. The molecule has 20 nitrogen and oxygen atoms in total. The first kappa shape index (κ1) is 63.6. The number of carbonyl (C=O) groups excluding carboxylic acids is 3. The number of aliphatic hydroxyl groups excluding tert-OH is 9. The molecule has 19 atom stereocenters. The first-order valence-electron chi connectivity index (χ1n) is 25.1. The van der Waals surface area contributed by atoms with Gasteiger partial charge >= 0.3 is 18.0 Å². The minimum atomic E-state index is -2.35. The number of ether oxygens (including phenoxy) is 6. The van der Waals surface area contributed by atoms with Gasteiger partial charge in [0.2, 0.25) is 0 Å². The van der Waals surface area contributed by atoms with Crippen LogP contribution >= 0.6 is 0 Å². The Hall–Kier alpha value is -4.65. The highest BCUT2D eigenvalue weighted by atomic mass is 16.7. The number of hydrogen-bond donors (Lipinski definition) is 11. The zero-order chi connectivity index (χ0) is 55.0. The van der Waals surface area contributed by atoms with Crippen molar-refractivity contribution < 1.29 is 93.9 Å². The molecule has 0 spiro atoms. The van der Waals surface area contributed by atoms with Gasteiger partial charge in [-0.2, -0.15) is 0 Å². The molecular weight excluding hydrogens is 967 g/mol. The molecule has 1 amide bonds. The summed E-state index contributed by atoms with van der Waals surface area (Å²) < 4.78 is 34.0. The zero-order valence-electron chi connectivity index (χ0n) is 42.8. The largest absolute Gasteiger partial charge is 0.462 e. The van der Waals surface area contributed by atoms with Gasteiger partial charge in [0.15, 0.2) is 12.1 Å². The molecule has 0 radical (unpaired) electrons. The topological polar surface area (TPSA) is 321 Å². The maximum atomic E-state index is 13.5. The average molecular weight is 1050 g/mol. The van der Waals surface area contributed by atoms with Gasteiger partial charge in [0.25, 0.3) is 0 Å². The highest BCUT2D eigenvalue weighted by molar-refractivity contribution is 5.74. The first-order chi connectivity index (χ1) is 35.1. The van der Waals surface area contributed by atoms with Crippen LogP contribution in [0.25, 0.3) is 0 Å². The molecule has 3 rings (SSSR count). The SMILES string of the molecule is C=CCOC(=O)N[C@@H]1[C@H](O)[C@H](O[C@H]2/C=C/C=C/C=C/C=C/C=C/C=C/C=C/[C@H](C)[C@@H](O)[C@@H](C)[C@H](C)OC(=O)C[C@H](O)C[C@H](O)CC[C@@H](O)[C@H](O)C[C@H](O)C[C@]3(O)C[C@H](O)[C@@H](C(=O)OCC=C)[C@H](C2)O3)O[C@H](C)[C@H]1O. The minimum Gasteiger partial charge on any atom is -0.462 e. The van der Waals surface area contributed by atoms with E-state index >= 15 is 0 Å². The Morgan fingerprint density at radius 3 is 1.86 bits per heavy atom. The van der Waals surface area contributed by atoms with E-state index in [9.17, 15) is 65.4 Å². The molecule has 3 aliphatic rings. The van der Waals surface area contributed by atoms with E-state index in [4.69, 9.17) is 28.4 Å². The molecule has 0 saturated carbocycles. The molecular formula is C54H81NO19.